The average molecular weight is 546 g/mol. The molecule has 0 spiro atoms. The largest absolute Gasteiger partial charge is 0.507 e. The van der Waals surface area contributed by atoms with Crippen LogP contribution >= 0.6 is 7.26 Å². The zero-order valence-electron chi connectivity index (χ0n) is 22.7. The second kappa shape index (κ2) is 10.7. The summed E-state index contributed by atoms with van der Waals surface area (Å²) in [4.78, 5) is 0. The van der Waals surface area contributed by atoms with E-state index >= 15 is 0 Å². The highest BCUT2D eigenvalue weighted by atomic mass is 31.2. The van der Waals surface area contributed by atoms with Crippen molar-refractivity contribution in [3.05, 3.63) is 169 Å². The lowest BCUT2D eigenvalue weighted by Crippen LogP contribution is -2.32. The monoisotopic (exact) mass is 545 g/mol. The van der Waals surface area contributed by atoms with Crippen molar-refractivity contribution in [3.8, 4) is 16.9 Å². The summed E-state index contributed by atoms with van der Waals surface area (Å²) in [5, 5.41) is 20.0. The van der Waals surface area contributed by atoms with Gasteiger partial charge in [0.25, 0.3) is 0 Å². The molecule has 0 heterocycles. The number of fused-ring (bicyclic) bond motifs is 2. The third-order valence-corrected chi connectivity index (χ3v) is 12.5. The lowest BCUT2D eigenvalue weighted by atomic mass is 9.90. The molecule has 196 valence electrons. The Balaban J connectivity index is 1.59. The van der Waals surface area contributed by atoms with Crippen molar-refractivity contribution in [3.63, 3.8) is 0 Å². The molecular formula is C39H30OP+. The number of hydrogen-bond donors (Lipinski definition) is 1. The predicted octanol–water partition coefficient (Wildman–Crippen LogP) is 8.86. The zero-order valence-corrected chi connectivity index (χ0v) is 23.6. The van der Waals surface area contributed by atoms with Gasteiger partial charge in [-0.05, 0) is 69.6 Å². The van der Waals surface area contributed by atoms with E-state index in [4.69, 9.17) is 0 Å². The minimum atomic E-state index is -2.16. The highest BCUT2D eigenvalue weighted by molar-refractivity contribution is 7.95. The molecule has 0 saturated carbocycles. The molecule has 0 fully saturated rings. The number of rotatable bonds is 6. The zero-order chi connectivity index (χ0) is 27.6. The molecule has 0 aromatic heterocycles. The molecular weight excluding hydrogens is 515 g/mol. The topological polar surface area (TPSA) is 20.2 Å². The van der Waals surface area contributed by atoms with Gasteiger partial charge in [0.2, 0.25) is 0 Å². The molecule has 0 unspecified atom stereocenters. The van der Waals surface area contributed by atoms with E-state index in [1.165, 1.54) is 26.9 Å². The third-order valence-electron chi connectivity index (χ3n) is 8.17. The fraction of sp³-hybridized carbons (Fsp3) is 0.0256. The van der Waals surface area contributed by atoms with Crippen molar-refractivity contribution in [2.45, 2.75) is 6.16 Å². The Hall–Kier alpha value is -4.71. The summed E-state index contributed by atoms with van der Waals surface area (Å²) in [6.45, 7) is 0. The molecule has 0 saturated heterocycles. The van der Waals surface area contributed by atoms with Crippen molar-refractivity contribution in [1.29, 1.82) is 0 Å². The van der Waals surface area contributed by atoms with Gasteiger partial charge in [0.15, 0.2) is 0 Å². The summed E-state index contributed by atoms with van der Waals surface area (Å²) >= 11 is 0. The van der Waals surface area contributed by atoms with Crippen molar-refractivity contribution in [2.75, 3.05) is 0 Å². The highest BCUT2D eigenvalue weighted by Gasteiger charge is 2.46. The molecule has 1 nitrogen and oxygen atoms in total. The van der Waals surface area contributed by atoms with E-state index in [0.717, 1.165) is 33.4 Å². The van der Waals surface area contributed by atoms with Crippen LogP contribution in [0.5, 0.6) is 5.75 Å². The summed E-state index contributed by atoms with van der Waals surface area (Å²) in [5.74, 6) is 0.310. The van der Waals surface area contributed by atoms with E-state index < -0.39 is 7.26 Å². The van der Waals surface area contributed by atoms with E-state index in [-0.39, 0.29) is 0 Å². The van der Waals surface area contributed by atoms with Crippen LogP contribution in [0, 0.1) is 0 Å². The Morgan fingerprint density at radius 2 is 0.805 bits per heavy atom. The Morgan fingerprint density at radius 3 is 1.32 bits per heavy atom. The van der Waals surface area contributed by atoms with E-state index in [0.29, 0.717) is 5.75 Å². The van der Waals surface area contributed by atoms with E-state index in [1.807, 2.05) is 12.1 Å². The van der Waals surface area contributed by atoms with Gasteiger partial charge >= 0.3 is 0 Å². The number of aromatic hydroxyl groups is 1. The Kier molecular flexibility index (Phi) is 6.59. The molecule has 0 atom stereocenters. The van der Waals surface area contributed by atoms with Crippen molar-refractivity contribution in [2.24, 2.45) is 0 Å². The molecule has 0 aliphatic carbocycles. The van der Waals surface area contributed by atoms with Crippen molar-refractivity contribution < 1.29 is 5.11 Å². The molecule has 7 rings (SSSR count). The van der Waals surface area contributed by atoms with Crippen LogP contribution in [0.2, 0.25) is 0 Å². The number of phenolic OH excluding ortho intramolecular Hbond substituents is 1. The highest BCUT2D eigenvalue weighted by Crippen LogP contribution is 2.59. The molecule has 2 heteroatoms. The Morgan fingerprint density at radius 1 is 0.390 bits per heavy atom. The van der Waals surface area contributed by atoms with E-state index in [9.17, 15) is 5.11 Å². The fourth-order valence-corrected chi connectivity index (χ4v) is 10.6. The standard InChI is InChI=1S/C39H29OP/c40-37-27-26-30-15-11-13-23-36(30)39(37)38-31(25-24-29-14-10-12-22-35(29)38)28-41(32-16-4-1-5-17-32,33-18-6-2-7-19-33)34-20-8-3-9-21-34/h1-27H,28H2/p+1. The molecule has 0 radical (unpaired) electrons. The van der Waals surface area contributed by atoms with Crippen LogP contribution in [-0.2, 0) is 6.16 Å². The van der Waals surface area contributed by atoms with Crippen LogP contribution in [-0.4, -0.2) is 5.11 Å². The lowest BCUT2D eigenvalue weighted by molar-refractivity contribution is 0.478. The van der Waals surface area contributed by atoms with Crippen LogP contribution in [0.3, 0.4) is 0 Å². The maximum absolute atomic E-state index is 11.5. The van der Waals surface area contributed by atoms with Crippen LogP contribution in [0.4, 0.5) is 0 Å². The van der Waals surface area contributed by atoms with Gasteiger partial charge < -0.3 is 5.11 Å². The summed E-state index contributed by atoms with van der Waals surface area (Å²) in [6.07, 6.45) is 0.827. The summed E-state index contributed by atoms with van der Waals surface area (Å²) < 4.78 is 0. The van der Waals surface area contributed by atoms with Crippen LogP contribution < -0.4 is 15.9 Å². The van der Waals surface area contributed by atoms with Gasteiger partial charge in [-0.1, -0.05) is 121 Å². The minimum absolute atomic E-state index is 0.310. The molecule has 0 aliphatic heterocycles. The first-order valence-corrected chi connectivity index (χ1v) is 16.0. The average Bonchev–Trinajstić information content (AvgIpc) is 3.05. The molecule has 0 aliphatic rings. The molecule has 41 heavy (non-hydrogen) atoms. The smallest absolute Gasteiger partial charge is 0.124 e. The third kappa shape index (κ3) is 4.40. The summed E-state index contributed by atoms with van der Waals surface area (Å²) in [6, 6.07) is 58.4. The SMILES string of the molecule is Oc1ccc2ccccc2c1-c1c(C[P+](c2ccccc2)(c2ccccc2)c2ccccc2)ccc2ccccc12. The fourth-order valence-electron chi connectivity index (χ4n) is 6.29. The molecule has 0 amide bonds. The van der Waals surface area contributed by atoms with Gasteiger partial charge in [-0.3, -0.25) is 0 Å². The summed E-state index contributed by atoms with van der Waals surface area (Å²) in [5.41, 5.74) is 3.26. The van der Waals surface area contributed by atoms with Gasteiger partial charge in [0, 0.05) is 11.1 Å². The van der Waals surface area contributed by atoms with Gasteiger partial charge in [0.1, 0.15) is 28.9 Å². The Bertz CT molecular complexity index is 1870. The normalized spacial score (nSPS) is 11.6. The number of benzene rings is 7. The molecule has 7 aromatic carbocycles. The van der Waals surface area contributed by atoms with Crippen LogP contribution in [0.25, 0.3) is 32.7 Å². The van der Waals surface area contributed by atoms with Crippen LogP contribution in [0.1, 0.15) is 5.56 Å². The van der Waals surface area contributed by atoms with Crippen molar-refractivity contribution in [1.82, 2.24) is 0 Å². The van der Waals surface area contributed by atoms with Crippen molar-refractivity contribution >= 4 is 44.7 Å². The summed E-state index contributed by atoms with van der Waals surface area (Å²) in [7, 11) is -2.16. The van der Waals surface area contributed by atoms with Gasteiger partial charge in [-0.15, -0.1) is 0 Å². The Labute approximate surface area is 241 Å². The molecule has 1 N–H and O–H groups in total. The van der Waals surface area contributed by atoms with Gasteiger partial charge in [-0.2, -0.15) is 0 Å². The van der Waals surface area contributed by atoms with Gasteiger partial charge in [-0.25, -0.2) is 0 Å². The maximum Gasteiger partial charge on any atom is 0.124 e. The predicted molar refractivity (Wildman–Crippen MR) is 177 cm³/mol. The lowest BCUT2D eigenvalue weighted by Gasteiger charge is -2.29. The first kappa shape index (κ1) is 25.3. The second-order valence-corrected chi connectivity index (χ2v) is 14.0. The first-order valence-electron chi connectivity index (χ1n) is 14.0. The molecule has 0 bridgehead atoms. The van der Waals surface area contributed by atoms with E-state index in [2.05, 4.69) is 152 Å². The van der Waals surface area contributed by atoms with Crippen LogP contribution in [0.15, 0.2) is 164 Å². The first-order chi connectivity index (χ1) is 20.3. The second-order valence-electron chi connectivity index (χ2n) is 10.5. The number of phenols is 1. The quantitative estimate of drug-likeness (QED) is 0.207. The maximum atomic E-state index is 11.5. The van der Waals surface area contributed by atoms with E-state index in [1.54, 1.807) is 0 Å². The molecule has 7 aromatic rings. The number of hydrogen-bond acceptors (Lipinski definition) is 1. The van der Waals surface area contributed by atoms with Gasteiger partial charge in [0.05, 0.1) is 6.16 Å². The minimum Gasteiger partial charge on any atom is -0.507 e.